The molecule has 0 atom stereocenters. The summed E-state index contributed by atoms with van der Waals surface area (Å²) in [6.45, 7) is 9.58. The Morgan fingerprint density at radius 2 is 1.64 bits per heavy atom. The quantitative estimate of drug-likeness (QED) is 0.453. The van der Waals surface area contributed by atoms with Crippen LogP contribution in [0.4, 0.5) is 0 Å². The van der Waals surface area contributed by atoms with Gasteiger partial charge >= 0.3 is 7.82 Å². The van der Waals surface area contributed by atoms with Crippen molar-refractivity contribution in [2.24, 2.45) is 7.05 Å². The van der Waals surface area contributed by atoms with E-state index in [-0.39, 0.29) is 16.4 Å². The van der Waals surface area contributed by atoms with Crippen LogP contribution in [0.1, 0.15) is 63.4 Å². The lowest BCUT2D eigenvalue weighted by Gasteiger charge is -2.24. The number of carbonyl (C=O) groups excluding carboxylic acids is 1. The third-order valence-electron chi connectivity index (χ3n) is 5.02. The molecule has 33 heavy (non-hydrogen) atoms. The number of aromatic nitrogens is 1. The van der Waals surface area contributed by atoms with E-state index < -0.39 is 42.7 Å². The number of rotatable bonds is 9. The third kappa shape index (κ3) is 5.10. The standard InChI is InChI=1S/C22H31N2O7PS/c1-14(2)18-11-17(19-9-8-10-23(19)7)12-20-21(18)22(25)24(33(20,27)28)13-29-32(26,30-15(3)4)31-16(5)6/h8-12,14-16H,13H2,1-7H3. The summed E-state index contributed by atoms with van der Waals surface area (Å²) in [5.41, 5.74) is 2.22. The lowest BCUT2D eigenvalue weighted by atomic mass is 9.93. The lowest BCUT2D eigenvalue weighted by Crippen LogP contribution is -2.32. The van der Waals surface area contributed by atoms with Gasteiger partial charge in [-0.05, 0) is 69.0 Å². The van der Waals surface area contributed by atoms with Crippen LogP contribution in [0.2, 0.25) is 0 Å². The Hall–Kier alpha value is -1.97. The zero-order chi connectivity index (χ0) is 24.7. The van der Waals surface area contributed by atoms with Crippen LogP contribution < -0.4 is 0 Å². The normalized spacial score (nSPS) is 15.8. The maximum atomic E-state index is 13.4. The Balaban J connectivity index is 2.03. The number of phosphoric ester groups is 1. The van der Waals surface area contributed by atoms with Gasteiger partial charge in [0.05, 0.1) is 17.8 Å². The van der Waals surface area contributed by atoms with Crippen molar-refractivity contribution in [2.75, 3.05) is 6.73 Å². The molecule has 1 amide bonds. The van der Waals surface area contributed by atoms with E-state index in [1.807, 2.05) is 49.9 Å². The fraction of sp³-hybridized carbons (Fsp3) is 0.500. The molecule has 1 aliphatic heterocycles. The van der Waals surface area contributed by atoms with Crippen LogP contribution in [0, 0.1) is 0 Å². The number of hydrogen-bond acceptors (Lipinski definition) is 7. The summed E-state index contributed by atoms with van der Waals surface area (Å²) in [5, 5.41) is 0. The van der Waals surface area contributed by atoms with Gasteiger partial charge in [-0.3, -0.25) is 18.4 Å². The highest BCUT2D eigenvalue weighted by atomic mass is 32.2. The van der Waals surface area contributed by atoms with Crippen LogP contribution in [0.5, 0.6) is 0 Å². The van der Waals surface area contributed by atoms with Crippen molar-refractivity contribution in [1.82, 2.24) is 8.87 Å². The number of carbonyl (C=O) groups is 1. The zero-order valence-electron chi connectivity index (χ0n) is 19.9. The Bertz CT molecular complexity index is 1190. The Morgan fingerprint density at radius 1 is 1.03 bits per heavy atom. The number of benzene rings is 1. The molecule has 0 unspecified atom stereocenters. The van der Waals surface area contributed by atoms with Gasteiger partial charge in [-0.25, -0.2) is 17.3 Å². The summed E-state index contributed by atoms with van der Waals surface area (Å²) in [4.78, 5) is 13.2. The van der Waals surface area contributed by atoms with E-state index in [1.165, 1.54) is 6.07 Å². The van der Waals surface area contributed by atoms with Gasteiger partial charge in [-0.15, -0.1) is 0 Å². The van der Waals surface area contributed by atoms with Crippen LogP contribution in [0.15, 0.2) is 35.4 Å². The number of aryl methyl sites for hydroxylation is 1. The topological polar surface area (TPSA) is 104 Å². The van der Waals surface area contributed by atoms with Gasteiger partial charge in [-0.1, -0.05) is 13.8 Å². The molecule has 2 heterocycles. The summed E-state index contributed by atoms with van der Waals surface area (Å²) in [6, 6.07) is 7.07. The van der Waals surface area contributed by atoms with E-state index in [0.717, 1.165) is 5.69 Å². The SMILES string of the molecule is CC(C)OP(=O)(OCN1C(=O)c2c(C(C)C)cc(-c3cccn3C)cc2S1(=O)=O)OC(C)C. The fourth-order valence-corrected chi connectivity index (χ4v) is 6.66. The first-order valence-electron chi connectivity index (χ1n) is 10.7. The second kappa shape index (κ2) is 9.35. The number of phosphoric acid groups is 1. The van der Waals surface area contributed by atoms with Crippen molar-refractivity contribution < 1.29 is 31.3 Å². The molecule has 0 aliphatic carbocycles. The summed E-state index contributed by atoms with van der Waals surface area (Å²) in [5.74, 6) is -0.841. The fourth-order valence-electron chi connectivity index (χ4n) is 3.64. The first kappa shape index (κ1) is 25.6. The van der Waals surface area contributed by atoms with Crippen LogP contribution in [0.25, 0.3) is 11.3 Å². The largest absolute Gasteiger partial charge is 0.477 e. The molecule has 0 saturated heterocycles. The molecule has 1 aromatic carbocycles. The maximum absolute atomic E-state index is 13.4. The summed E-state index contributed by atoms with van der Waals surface area (Å²) in [6.07, 6.45) is 0.856. The monoisotopic (exact) mass is 498 g/mol. The molecule has 0 saturated carbocycles. The maximum Gasteiger partial charge on any atom is 0.477 e. The van der Waals surface area contributed by atoms with Gasteiger partial charge in [0.2, 0.25) is 0 Å². The highest BCUT2D eigenvalue weighted by Crippen LogP contribution is 2.52. The average Bonchev–Trinajstić information content (AvgIpc) is 3.18. The molecule has 182 valence electrons. The van der Waals surface area contributed by atoms with Gasteiger partial charge in [0.1, 0.15) is 11.6 Å². The molecule has 0 N–H and O–H groups in total. The second-order valence-corrected chi connectivity index (χ2v) is 12.2. The van der Waals surface area contributed by atoms with E-state index in [1.54, 1.807) is 27.7 Å². The molecule has 11 heteroatoms. The van der Waals surface area contributed by atoms with Gasteiger partial charge in [0.15, 0.2) is 0 Å². The first-order chi connectivity index (χ1) is 15.3. The summed E-state index contributed by atoms with van der Waals surface area (Å²) >= 11 is 0. The highest BCUT2D eigenvalue weighted by molar-refractivity contribution is 7.90. The molecule has 0 radical (unpaired) electrons. The van der Waals surface area contributed by atoms with Crippen LogP contribution in [-0.2, 0) is 35.2 Å². The van der Waals surface area contributed by atoms with Crippen LogP contribution in [-0.4, -0.2) is 42.1 Å². The highest BCUT2D eigenvalue weighted by Gasteiger charge is 2.45. The van der Waals surface area contributed by atoms with E-state index in [9.17, 15) is 17.8 Å². The van der Waals surface area contributed by atoms with Gasteiger partial charge in [-0.2, -0.15) is 0 Å². The molecular weight excluding hydrogens is 467 g/mol. The number of hydrogen-bond donors (Lipinski definition) is 0. The second-order valence-electron chi connectivity index (χ2n) is 8.77. The minimum absolute atomic E-state index is 0.0945. The average molecular weight is 499 g/mol. The van der Waals surface area contributed by atoms with Crippen molar-refractivity contribution in [3.05, 3.63) is 41.6 Å². The lowest BCUT2D eigenvalue weighted by molar-refractivity contribution is 0.0496. The minimum atomic E-state index is -4.24. The summed E-state index contributed by atoms with van der Waals surface area (Å²) in [7, 11) is -6.49. The predicted octanol–water partition coefficient (Wildman–Crippen LogP) is 4.89. The van der Waals surface area contributed by atoms with Crippen molar-refractivity contribution in [3.63, 3.8) is 0 Å². The number of nitrogens with zero attached hydrogens (tertiary/aromatic N) is 2. The van der Waals surface area contributed by atoms with E-state index in [4.69, 9.17) is 13.6 Å². The third-order valence-corrected chi connectivity index (χ3v) is 8.54. The van der Waals surface area contributed by atoms with Gasteiger partial charge in [0.25, 0.3) is 15.9 Å². The number of fused-ring (bicyclic) bond motifs is 1. The Labute approximate surface area is 195 Å². The Morgan fingerprint density at radius 3 is 2.12 bits per heavy atom. The van der Waals surface area contributed by atoms with E-state index in [2.05, 4.69) is 0 Å². The molecule has 1 aliphatic rings. The molecule has 0 spiro atoms. The van der Waals surface area contributed by atoms with Crippen molar-refractivity contribution in [1.29, 1.82) is 0 Å². The minimum Gasteiger partial charge on any atom is -0.351 e. The molecule has 3 rings (SSSR count). The van der Waals surface area contributed by atoms with Crippen LogP contribution in [0.3, 0.4) is 0 Å². The molecule has 2 aromatic rings. The molecule has 9 nitrogen and oxygen atoms in total. The molecule has 0 fully saturated rings. The number of amides is 1. The molecule has 0 bridgehead atoms. The first-order valence-corrected chi connectivity index (χ1v) is 13.6. The van der Waals surface area contributed by atoms with E-state index >= 15 is 0 Å². The van der Waals surface area contributed by atoms with Crippen LogP contribution >= 0.6 is 7.82 Å². The van der Waals surface area contributed by atoms with Crippen molar-refractivity contribution in [2.45, 2.75) is 64.6 Å². The Kier molecular flexibility index (Phi) is 7.27. The number of sulfonamides is 1. The zero-order valence-corrected chi connectivity index (χ0v) is 21.6. The van der Waals surface area contributed by atoms with Gasteiger partial charge < -0.3 is 4.57 Å². The predicted molar refractivity (Wildman–Crippen MR) is 124 cm³/mol. The van der Waals surface area contributed by atoms with Crippen molar-refractivity contribution >= 4 is 23.8 Å². The van der Waals surface area contributed by atoms with Crippen molar-refractivity contribution in [3.8, 4) is 11.3 Å². The summed E-state index contributed by atoms with van der Waals surface area (Å²) < 4.78 is 58.2. The molecular formula is C22H31N2O7PS. The van der Waals surface area contributed by atoms with Gasteiger partial charge in [0, 0.05) is 18.9 Å². The smallest absolute Gasteiger partial charge is 0.351 e. The van der Waals surface area contributed by atoms with E-state index in [0.29, 0.717) is 15.4 Å². The molecule has 1 aromatic heterocycles.